The molecule has 0 spiro atoms. The number of carbonyl (C=O) groups is 2. The van der Waals surface area contributed by atoms with Crippen molar-refractivity contribution < 1.29 is 24.9 Å². The van der Waals surface area contributed by atoms with Gasteiger partial charge in [0.2, 0.25) is 5.78 Å². The van der Waals surface area contributed by atoms with Gasteiger partial charge in [-0.15, -0.1) is 0 Å². The van der Waals surface area contributed by atoms with E-state index < -0.39 is 28.7 Å². The normalized spacial score (nSPS) is 19.9. The summed E-state index contributed by atoms with van der Waals surface area (Å²) in [5, 5.41) is 30.1. The summed E-state index contributed by atoms with van der Waals surface area (Å²) in [6, 6.07) is 0. The lowest BCUT2D eigenvalue weighted by molar-refractivity contribution is -0.133. The van der Waals surface area contributed by atoms with Crippen LogP contribution in [0.4, 0.5) is 0 Å². The maximum Gasteiger partial charge on any atom is 0.209 e. The molecule has 5 heteroatoms. The SMILES string of the molecule is CCCCCCCCCCCCCCCC(=O)C1=C(O)C(C)=C(O)[C@](C)(O)C1=O. The van der Waals surface area contributed by atoms with E-state index in [9.17, 15) is 24.9 Å². The average molecular weight is 409 g/mol. The molecule has 0 bridgehead atoms. The van der Waals surface area contributed by atoms with E-state index in [2.05, 4.69) is 6.92 Å². The molecule has 3 N–H and O–H groups in total. The molecule has 0 radical (unpaired) electrons. The number of ketones is 2. The van der Waals surface area contributed by atoms with E-state index in [0.29, 0.717) is 6.42 Å². The lowest BCUT2D eigenvalue weighted by Crippen LogP contribution is -2.44. The molecule has 1 rings (SSSR count). The summed E-state index contributed by atoms with van der Waals surface area (Å²) in [6.07, 6.45) is 15.8. The number of Topliss-reactive ketones (excluding diaryl/α,β-unsaturated/α-hetero) is 2. The number of carbonyl (C=O) groups excluding carboxylic acids is 2. The van der Waals surface area contributed by atoms with Gasteiger partial charge < -0.3 is 15.3 Å². The van der Waals surface area contributed by atoms with E-state index in [0.717, 1.165) is 26.2 Å². The summed E-state index contributed by atoms with van der Waals surface area (Å²) in [5.41, 5.74) is -2.57. The molecule has 0 unspecified atom stereocenters. The Hall–Kier alpha value is -1.62. The van der Waals surface area contributed by atoms with Crippen molar-refractivity contribution in [2.24, 2.45) is 0 Å². The first kappa shape index (κ1) is 25.4. The summed E-state index contributed by atoms with van der Waals surface area (Å²) >= 11 is 0. The van der Waals surface area contributed by atoms with Gasteiger partial charge in [0, 0.05) is 12.0 Å². The molecule has 0 heterocycles. The number of allylic oxidation sites excluding steroid dienone is 1. The van der Waals surface area contributed by atoms with Crippen LogP contribution in [0, 0.1) is 0 Å². The van der Waals surface area contributed by atoms with Crippen LogP contribution in [0.1, 0.15) is 111 Å². The molecule has 0 aromatic rings. The second kappa shape index (κ2) is 12.8. The fourth-order valence-electron chi connectivity index (χ4n) is 3.81. The van der Waals surface area contributed by atoms with E-state index in [-0.39, 0.29) is 17.6 Å². The molecule has 1 aliphatic rings. The quantitative estimate of drug-likeness (QED) is 0.228. The minimum atomic E-state index is -2.16. The van der Waals surface area contributed by atoms with E-state index in [1.54, 1.807) is 0 Å². The lowest BCUT2D eigenvalue weighted by Gasteiger charge is -2.28. The predicted octanol–water partition coefficient (Wildman–Crippen LogP) is 6.01. The average Bonchev–Trinajstić information content (AvgIpc) is 2.69. The van der Waals surface area contributed by atoms with Crippen LogP contribution in [0.3, 0.4) is 0 Å². The van der Waals surface area contributed by atoms with Crippen molar-refractivity contribution in [1.82, 2.24) is 0 Å². The van der Waals surface area contributed by atoms with E-state index >= 15 is 0 Å². The highest BCUT2D eigenvalue weighted by Gasteiger charge is 2.45. The minimum absolute atomic E-state index is 0.0247. The number of aliphatic hydroxyl groups excluding tert-OH is 2. The molecule has 0 saturated heterocycles. The van der Waals surface area contributed by atoms with Crippen molar-refractivity contribution in [3.63, 3.8) is 0 Å². The molecule has 29 heavy (non-hydrogen) atoms. The summed E-state index contributed by atoms with van der Waals surface area (Å²) in [5.74, 6) is -2.52. The van der Waals surface area contributed by atoms with Gasteiger partial charge in [-0.25, -0.2) is 0 Å². The first-order valence-electron chi connectivity index (χ1n) is 11.4. The van der Waals surface area contributed by atoms with Gasteiger partial charge in [-0.2, -0.15) is 0 Å². The van der Waals surface area contributed by atoms with Crippen molar-refractivity contribution in [2.45, 2.75) is 116 Å². The van der Waals surface area contributed by atoms with Crippen LogP contribution in [-0.4, -0.2) is 32.5 Å². The number of aliphatic hydroxyl groups is 3. The fraction of sp³-hybridized carbons (Fsp3) is 0.750. The first-order chi connectivity index (χ1) is 13.7. The van der Waals surface area contributed by atoms with Crippen molar-refractivity contribution >= 4 is 11.6 Å². The smallest absolute Gasteiger partial charge is 0.209 e. The molecular weight excluding hydrogens is 368 g/mol. The molecule has 1 aliphatic carbocycles. The molecule has 166 valence electrons. The van der Waals surface area contributed by atoms with E-state index in [1.807, 2.05) is 0 Å². The number of rotatable bonds is 15. The molecule has 0 fully saturated rings. The summed E-state index contributed by atoms with van der Waals surface area (Å²) in [4.78, 5) is 24.7. The van der Waals surface area contributed by atoms with Crippen LogP contribution in [0.5, 0.6) is 0 Å². The van der Waals surface area contributed by atoms with Gasteiger partial charge in [-0.1, -0.05) is 84.0 Å². The van der Waals surface area contributed by atoms with Crippen LogP contribution in [0.25, 0.3) is 0 Å². The van der Waals surface area contributed by atoms with Crippen LogP contribution >= 0.6 is 0 Å². The Morgan fingerprint density at radius 2 is 1.24 bits per heavy atom. The van der Waals surface area contributed by atoms with Crippen molar-refractivity contribution in [2.75, 3.05) is 0 Å². The van der Waals surface area contributed by atoms with Gasteiger partial charge in [0.15, 0.2) is 11.4 Å². The summed E-state index contributed by atoms with van der Waals surface area (Å²) < 4.78 is 0. The third kappa shape index (κ3) is 7.61. The van der Waals surface area contributed by atoms with E-state index in [1.165, 1.54) is 64.7 Å². The van der Waals surface area contributed by atoms with E-state index in [4.69, 9.17) is 0 Å². The molecule has 0 saturated carbocycles. The zero-order valence-electron chi connectivity index (χ0n) is 18.6. The summed E-state index contributed by atoms with van der Waals surface area (Å²) in [6.45, 7) is 4.75. The number of hydrogen-bond acceptors (Lipinski definition) is 5. The molecule has 0 amide bonds. The topological polar surface area (TPSA) is 94.8 Å². The van der Waals surface area contributed by atoms with Crippen LogP contribution in [-0.2, 0) is 9.59 Å². The monoisotopic (exact) mass is 408 g/mol. The van der Waals surface area contributed by atoms with Gasteiger partial charge in [0.25, 0.3) is 0 Å². The molecule has 5 nitrogen and oxygen atoms in total. The summed E-state index contributed by atoms with van der Waals surface area (Å²) in [7, 11) is 0. The highest BCUT2D eigenvalue weighted by Crippen LogP contribution is 2.33. The highest BCUT2D eigenvalue weighted by molar-refractivity contribution is 6.25. The van der Waals surface area contributed by atoms with Gasteiger partial charge in [0.05, 0.1) is 0 Å². The largest absolute Gasteiger partial charge is 0.508 e. The Bertz CT molecular complexity index is 613. The molecule has 0 aromatic carbocycles. The third-order valence-electron chi connectivity index (χ3n) is 5.86. The molecular formula is C24H40O5. The second-order valence-electron chi connectivity index (χ2n) is 8.51. The van der Waals surface area contributed by atoms with Crippen LogP contribution in [0.15, 0.2) is 22.7 Å². The van der Waals surface area contributed by atoms with Crippen molar-refractivity contribution in [3.8, 4) is 0 Å². The third-order valence-corrected chi connectivity index (χ3v) is 5.86. The zero-order valence-corrected chi connectivity index (χ0v) is 18.6. The first-order valence-corrected chi connectivity index (χ1v) is 11.4. The molecule has 0 aromatic heterocycles. The van der Waals surface area contributed by atoms with Gasteiger partial charge in [-0.05, 0) is 20.3 Å². The standard InChI is InChI=1S/C24H40O5/c1-4-5-6-7-8-9-10-11-12-13-14-15-16-17-19(25)20-21(26)18(2)22(27)24(3,29)23(20)28/h26-27,29H,4-17H2,1-3H3/t24-/m0/s1. The fourth-order valence-corrected chi connectivity index (χ4v) is 3.81. The minimum Gasteiger partial charge on any atom is -0.508 e. The molecule has 0 aliphatic heterocycles. The Balaban J connectivity index is 2.21. The van der Waals surface area contributed by atoms with Crippen molar-refractivity contribution in [3.05, 3.63) is 22.7 Å². The Morgan fingerprint density at radius 3 is 1.69 bits per heavy atom. The van der Waals surface area contributed by atoms with Crippen LogP contribution < -0.4 is 0 Å². The van der Waals surface area contributed by atoms with Crippen molar-refractivity contribution in [1.29, 1.82) is 0 Å². The maximum atomic E-state index is 12.4. The Labute approximate surface area is 175 Å². The lowest BCUT2D eigenvalue weighted by atomic mass is 9.81. The van der Waals surface area contributed by atoms with Gasteiger partial charge >= 0.3 is 0 Å². The Morgan fingerprint density at radius 1 is 0.828 bits per heavy atom. The van der Waals surface area contributed by atoms with Crippen LogP contribution in [0.2, 0.25) is 0 Å². The molecule has 1 atom stereocenters. The Kier molecular flexibility index (Phi) is 11.3. The number of unbranched alkanes of at least 4 members (excludes halogenated alkanes) is 12. The highest BCUT2D eigenvalue weighted by atomic mass is 16.3. The maximum absolute atomic E-state index is 12.4. The predicted molar refractivity (Wildman–Crippen MR) is 116 cm³/mol. The number of hydrogen-bond donors (Lipinski definition) is 3. The van der Waals surface area contributed by atoms with Gasteiger partial charge in [0.1, 0.15) is 17.1 Å². The van der Waals surface area contributed by atoms with Gasteiger partial charge in [-0.3, -0.25) is 9.59 Å². The zero-order chi connectivity index (χ0) is 21.9. The second-order valence-corrected chi connectivity index (χ2v) is 8.51.